The number of nitrogens with two attached hydrogens (primary N) is 1. The summed E-state index contributed by atoms with van der Waals surface area (Å²) in [6.07, 6.45) is 4.11. The Morgan fingerprint density at radius 1 is 0.935 bits per heavy atom. The fourth-order valence-electron chi connectivity index (χ4n) is 7.73. The number of esters is 1. The van der Waals surface area contributed by atoms with Crippen molar-refractivity contribution in [2.75, 3.05) is 18.2 Å². The number of hydrogen-bond acceptors (Lipinski definition) is 15. The number of nitrogens with one attached hydrogen (secondary N) is 2. The second-order valence-electron chi connectivity index (χ2n) is 15.9. The first kappa shape index (κ1) is 46.6. The zero-order chi connectivity index (χ0) is 46.0. The van der Waals surface area contributed by atoms with Crippen LogP contribution >= 0.6 is 0 Å². The maximum absolute atomic E-state index is 14.4. The zero-order valence-corrected chi connectivity index (χ0v) is 35.9. The van der Waals surface area contributed by atoms with Gasteiger partial charge < -0.3 is 55.5 Å². The van der Waals surface area contributed by atoms with Crippen molar-refractivity contribution in [3.8, 4) is 23.0 Å². The Morgan fingerprint density at radius 2 is 1.60 bits per heavy atom. The first-order valence-electron chi connectivity index (χ1n) is 19.9. The number of carbonyl (C=O) groups is 4. The number of Topliss-reactive ketones (excluding diaryl/α,β-unsaturated/α-hetero) is 1. The number of carbonyl (C=O) groups excluding carboxylic acids is 4. The SMILES string of the molecule is CO[C@H]1/C=C/O[C@@]2(C)Oc3c(C)c(O)c4c(O)c(c(C=NNC(=O)c5ccc(N)cc5)c(O)c4c3C2=O)NC(=O)/C(C)=C\C=C\[C@@H](C)[C@H](O)[C@@H](C)[C@@H](O)[C@@H](C)[C@H](OC(C)=O)[C@@H]1C. The summed E-state index contributed by atoms with van der Waals surface area (Å²) in [4.78, 5) is 53.4. The van der Waals surface area contributed by atoms with Gasteiger partial charge in [-0.1, -0.05) is 45.9 Å². The average molecular weight is 859 g/mol. The Kier molecular flexibility index (Phi) is 14.0. The van der Waals surface area contributed by atoms with Crippen LogP contribution in [0.5, 0.6) is 23.0 Å². The van der Waals surface area contributed by atoms with E-state index in [4.69, 9.17) is 24.7 Å². The molecule has 3 heterocycles. The number of amides is 2. The monoisotopic (exact) mass is 858 g/mol. The van der Waals surface area contributed by atoms with E-state index in [0.717, 1.165) is 12.5 Å². The number of nitrogen functional groups attached to an aromatic ring is 1. The Bertz CT molecular complexity index is 2370. The number of nitrogens with zero attached hydrogens (tertiary/aromatic N) is 1. The van der Waals surface area contributed by atoms with Crippen LogP contribution in [0.15, 0.2) is 65.5 Å². The normalized spacial score (nSPS) is 29.0. The van der Waals surface area contributed by atoms with Gasteiger partial charge in [-0.3, -0.25) is 19.2 Å². The number of aromatic hydroxyl groups is 3. The van der Waals surface area contributed by atoms with E-state index in [1.54, 1.807) is 33.8 Å². The average Bonchev–Trinajstić information content (AvgIpc) is 3.50. The molecule has 0 unspecified atom stereocenters. The number of ether oxygens (including phenoxy) is 4. The standard InChI is InChI=1S/C45H54N4O13/c1-20-11-10-12-21(2)43(57)48-34-29(19-47-49-44(58)27-13-15-28(46)16-14-27)38(54)31-32(39(34)55)37(53)25(6)41-33(31)42(56)45(8,62-41)60-18-17-30(59-9)22(3)40(61-26(7)50)24(5)36(52)23(4)35(20)51/h10-20,22-24,30,35-36,40,51-55H,46H2,1-9H3,(H,48,57)(H,49,58)/b11-10+,18-17+,21-12-,47-19?/t20-,22-,23-,24-,30+,35+,36-,40-,45+/m1/s1. The highest BCUT2D eigenvalue weighted by Crippen LogP contribution is 2.55. The molecule has 3 aromatic rings. The number of hydrazone groups is 1. The third-order valence-electron chi connectivity index (χ3n) is 11.6. The molecule has 6 rings (SSSR count). The van der Waals surface area contributed by atoms with Crippen LogP contribution in [0.25, 0.3) is 10.8 Å². The van der Waals surface area contributed by atoms with Gasteiger partial charge in [-0.15, -0.1) is 0 Å². The lowest BCUT2D eigenvalue weighted by molar-refractivity contribution is -0.160. The molecule has 2 amide bonds. The lowest BCUT2D eigenvalue weighted by Crippen LogP contribution is -2.46. The molecular weight excluding hydrogens is 805 g/mol. The third-order valence-corrected chi connectivity index (χ3v) is 11.6. The molecule has 0 aromatic heterocycles. The van der Waals surface area contributed by atoms with Gasteiger partial charge in [0.2, 0.25) is 0 Å². The minimum Gasteiger partial charge on any atom is -0.507 e. The minimum atomic E-state index is -2.12. The van der Waals surface area contributed by atoms with Crippen LogP contribution in [0.4, 0.5) is 11.4 Å². The van der Waals surface area contributed by atoms with Gasteiger partial charge in [0, 0.05) is 72.4 Å². The molecule has 0 radical (unpaired) electrons. The minimum absolute atomic E-state index is 0.0151. The van der Waals surface area contributed by atoms with Crippen LogP contribution in [0.1, 0.15) is 80.3 Å². The van der Waals surface area contributed by atoms with Crippen LogP contribution in [-0.4, -0.2) is 92.6 Å². The number of methoxy groups -OCH3 is 1. The molecule has 17 nitrogen and oxygen atoms in total. The summed E-state index contributed by atoms with van der Waals surface area (Å²) in [7, 11) is 1.41. The van der Waals surface area contributed by atoms with Gasteiger partial charge in [0.15, 0.2) is 5.75 Å². The van der Waals surface area contributed by atoms with E-state index >= 15 is 0 Å². The molecule has 3 aliphatic heterocycles. The Labute approximate surface area is 358 Å². The van der Waals surface area contributed by atoms with Gasteiger partial charge in [0.05, 0.1) is 53.0 Å². The highest BCUT2D eigenvalue weighted by atomic mass is 16.7. The lowest BCUT2D eigenvalue weighted by Gasteiger charge is -2.38. The smallest absolute Gasteiger partial charge is 0.312 e. The van der Waals surface area contributed by atoms with E-state index in [1.807, 2.05) is 0 Å². The molecule has 0 saturated carbocycles. The molecule has 0 spiro atoms. The van der Waals surface area contributed by atoms with Crippen molar-refractivity contribution in [1.82, 2.24) is 5.43 Å². The molecular formula is C45H54N4O13. The molecule has 0 saturated heterocycles. The fraction of sp³-hybridized carbons (Fsp3) is 0.400. The Morgan fingerprint density at radius 3 is 2.23 bits per heavy atom. The van der Waals surface area contributed by atoms with Crippen molar-refractivity contribution < 1.29 is 63.7 Å². The summed E-state index contributed by atoms with van der Waals surface area (Å²) in [5, 5.41) is 64.0. The van der Waals surface area contributed by atoms with Crippen molar-refractivity contribution in [3.63, 3.8) is 0 Å². The number of phenolic OH excluding ortho intramolecular Hbond substituents is 3. The molecule has 62 heavy (non-hydrogen) atoms. The van der Waals surface area contributed by atoms with E-state index in [1.165, 1.54) is 77.3 Å². The second-order valence-corrected chi connectivity index (χ2v) is 15.9. The van der Waals surface area contributed by atoms with Gasteiger partial charge in [0.1, 0.15) is 23.4 Å². The van der Waals surface area contributed by atoms with Crippen LogP contribution < -0.4 is 21.2 Å². The number of phenols is 3. The molecule has 3 aliphatic rings. The number of fused-ring (bicyclic) bond motifs is 14. The highest BCUT2D eigenvalue weighted by molar-refractivity contribution is 6.24. The molecule has 9 N–H and O–H groups in total. The summed E-state index contributed by atoms with van der Waals surface area (Å²) < 4.78 is 23.5. The first-order chi connectivity index (χ1) is 29.1. The predicted octanol–water partition coefficient (Wildman–Crippen LogP) is 5.10. The number of rotatable bonds is 5. The molecule has 0 fully saturated rings. The molecule has 0 aliphatic carbocycles. The number of aliphatic hydroxyl groups is 2. The van der Waals surface area contributed by atoms with Crippen molar-refractivity contribution in [3.05, 3.63) is 82.7 Å². The maximum atomic E-state index is 14.4. The number of ketones is 1. The first-order valence-corrected chi connectivity index (χ1v) is 19.9. The van der Waals surface area contributed by atoms with Crippen molar-refractivity contribution in [1.29, 1.82) is 0 Å². The van der Waals surface area contributed by atoms with E-state index in [9.17, 15) is 44.7 Å². The topological polar surface area (TPSA) is 269 Å². The lowest BCUT2D eigenvalue weighted by atomic mass is 9.78. The summed E-state index contributed by atoms with van der Waals surface area (Å²) in [6, 6.07) is 5.93. The summed E-state index contributed by atoms with van der Waals surface area (Å²) >= 11 is 0. The summed E-state index contributed by atoms with van der Waals surface area (Å²) in [6.45, 7) is 12.2. The maximum Gasteiger partial charge on any atom is 0.312 e. The summed E-state index contributed by atoms with van der Waals surface area (Å²) in [5.74, 6) is -9.93. The van der Waals surface area contributed by atoms with Crippen molar-refractivity contribution in [2.45, 2.75) is 85.6 Å². The van der Waals surface area contributed by atoms with E-state index in [0.29, 0.717) is 5.69 Å². The van der Waals surface area contributed by atoms with Gasteiger partial charge in [-0.2, -0.15) is 5.10 Å². The molecule has 332 valence electrons. The Balaban J connectivity index is 1.70. The fourth-order valence-corrected chi connectivity index (χ4v) is 7.73. The van der Waals surface area contributed by atoms with Crippen LogP contribution in [0.3, 0.4) is 0 Å². The largest absolute Gasteiger partial charge is 0.507 e. The van der Waals surface area contributed by atoms with E-state index in [-0.39, 0.29) is 39.0 Å². The quantitative estimate of drug-likeness (QED) is 0.0415. The number of anilines is 2. The van der Waals surface area contributed by atoms with Gasteiger partial charge in [-0.25, -0.2) is 5.43 Å². The number of benzene rings is 3. The Hall–Kier alpha value is -6.43. The van der Waals surface area contributed by atoms with E-state index < -0.39 is 106 Å². The van der Waals surface area contributed by atoms with Crippen LogP contribution in [0, 0.1) is 30.6 Å². The van der Waals surface area contributed by atoms with Crippen molar-refractivity contribution >= 4 is 51.9 Å². The van der Waals surface area contributed by atoms with E-state index in [2.05, 4.69) is 15.8 Å². The predicted molar refractivity (Wildman–Crippen MR) is 230 cm³/mol. The zero-order valence-electron chi connectivity index (χ0n) is 35.9. The van der Waals surface area contributed by atoms with Gasteiger partial charge in [0.25, 0.3) is 17.6 Å². The van der Waals surface area contributed by atoms with Gasteiger partial charge in [-0.05, 0) is 44.2 Å². The highest BCUT2D eigenvalue weighted by Gasteiger charge is 2.50. The van der Waals surface area contributed by atoms with Crippen LogP contribution in [-0.2, 0) is 23.8 Å². The third kappa shape index (κ3) is 9.10. The van der Waals surface area contributed by atoms with Crippen molar-refractivity contribution in [2.24, 2.45) is 28.8 Å². The second kappa shape index (κ2) is 18.7. The summed E-state index contributed by atoms with van der Waals surface area (Å²) in [5.41, 5.74) is 7.63. The van der Waals surface area contributed by atoms with Crippen LogP contribution in [0.2, 0.25) is 0 Å². The molecule has 17 heteroatoms. The molecule has 5 bridgehead atoms. The molecule has 9 atom stereocenters. The number of hydrogen-bond donors (Lipinski definition) is 8. The molecule has 3 aromatic carbocycles. The van der Waals surface area contributed by atoms with Gasteiger partial charge >= 0.3 is 11.8 Å². The number of allylic oxidation sites excluding steroid dienone is 2. The number of aliphatic hydroxyl groups excluding tert-OH is 2.